The zero-order chi connectivity index (χ0) is 21.8. The van der Waals surface area contributed by atoms with Gasteiger partial charge in [0.05, 0.1) is 0 Å². The molecule has 0 spiro atoms. The van der Waals surface area contributed by atoms with Crippen molar-refractivity contribution in [1.82, 2.24) is 0 Å². The molecule has 0 aromatic rings. The molecule has 0 fully saturated rings. The van der Waals surface area contributed by atoms with Gasteiger partial charge >= 0.3 is 176 Å². The second-order valence-corrected chi connectivity index (χ2v) is 49.6. The molecule has 0 saturated heterocycles. The van der Waals surface area contributed by atoms with Crippen molar-refractivity contribution in [3.63, 3.8) is 0 Å². The number of hydrogen-bond donors (Lipinski definition) is 0. The van der Waals surface area contributed by atoms with Crippen LogP contribution in [-0.4, -0.2) is 61.7 Å². The van der Waals surface area contributed by atoms with Crippen LogP contribution in [0.5, 0.6) is 0 Å². The van der Waals surface area contributed by atoms with Gasteiger partial charge in [0.1, 0.15) is 0 Å². The zero-order valence-electron chi connectivity index (χ0n) is 21.0. The summed E-state index contributed by atoms with van der Waals surface area (Å²) in [4.78, 5) is 10.8. The molecule has 0 bridgehead atoms. The van der Waals surface area contributed by atoms with Crippen molar-refractivity contribution < 1.29 is 13.8 Å². The van der Waals surface area contributed by atoms with Crippen LogP contribution in [0.1, 0.15) is 55.4 Å². The Morgan fingerprint density at radius 2 is 0.778 bits per heavy atom. The predicted octanol–water partition coefficient (Wildman–Crippen LogP) is 6.67. The summed E-state index contributed by atoms with van der Waals surface area (Å²) in [7, 11) is 0. The topological polar surface area (TPSA) is 24.7 Å². The molecule has 2 nitrogen and oxygen atoms in total. The molecule has 0 unspecified atom stereocenters. The van der Waals surface area contributed by atoms with E-state index < -0.39 is 25.0 Å². The SMILES string of the molecule is CC(C)C(=N[CH2][Ru]([CH2]N=C(C(C)C)C(C)C)([PH](C)(C)C)[PH](C)(C)C)C(C)C. The Balaban J connectivity index is 6.34. The van der Waals surface area contributed by atoms with E-state index in [4.69, 9.17) is 9.98 Å². The van der Waals surface area contributed by atoms with Crippen LogP contribution in [0.3, 0.4) is 0 Å². The van der Waals surface area contributed by atoms with E-state index in [1.807, 2.05) is 0 Å². The molecule has 0 aliphatic heterocycles. The molecule has 5 heteroatoms. The Bertz CT molecular complexity index is 453. The van der Waals surface area contributed by atoms with Gasteiger partial charge < -0.3 is 0 Å². The second kappa shape index (κ2) is 10.7. The molecule has 0 aromatic heterocycles. The van der Waals surface area contributed by atoms with Crippen LogP contribution >= 0.6 is 11.2 Å². The molecule has 168 valence electrons. The molecule has 0 N–H and O–H groups in total. The Morgan fingerprint density at radius 1 is 0.556 bits per heavy atom. The summed E-state index contributed by atoms with van der Waals surface area (Å²) in [5, 5.41) is 2.28. The first-order chi connectivity index (χ1) is 12.0. The van der Waals surface area contributed by atoms with Gasteiger partial charge in [-0.1, -0.05) is 0 Å². The molecular formula is C22H52N2P2Ru. The molecule has 0 radical (unpaired) electrons. The third-order valence-electron chi connectivity index (χ3n) is 5.26. The Hall–Kier alpha value is 0.823. The summed E-state index contributed by atoms with van der Waals surface area (Å²) in [6.45, 7) is 34.2. The van der Waals surface area contributed by atoms with E-state index in [2.05, 4.69) is 95.4 Å². The van der Waals surface area contributed by atoms with Crippen molar-refractivity contribution >= 4 is 22.6 Å². The molecule has 0 amide bonds. The van der Waals surface area contributed by atoms with E-state index in [9.17, 15) is 0 Å². The summed E-state index contributed by atoms with van der Waals surface area (Å²) in [6, 6.07) is 0. The van der Waals surface area contributed by atoms with Crippen LogP contribution in [0, 0.1) is 23.7 Å². The van der Waals surface area contributed by atoms with Gasteiger partial charge in [-0.3, -0.25) is 0 Å². The quantitative estimate of drug-likeness (QED) is 0.179. The molecule has 0 aliphatic carbocycles. The van der Waals surface area contributed by atoms with Crippen LogP contribution in [0.15, 0.2) is 9.98 Å². The minimum absolute atomic E-state index is 0.552. The van der Waals surface area contributed by atoms with E-state index in [0.717, 1.165) is 10.3 Å². The van der Waals surface area contributed by atoms with Gasteiger partial charge in [0, 0.05) is 0 Å². The van der Waals surface area contributed by atoms with Crippen molar-refractivity contribution in [3.8, 4) is 0 Å². The van der Waals surface area contributed by atoms with E-state index in [-0.39, 0.29) is 0 Å². The average molecular weight is 508 g/mol. The van der Waals surface area contributed by atoms with E-state index >= 15 is 0 Å². The van der Waals surface area contributed by atoms with Crippen LogP contribution < -0.4 is 0 Å². The van der Waals surface area contributed by atoms with Gasteiger partial charge in [0.25, 0.3) is 0 Å². The third-order valence-corrected chi connectivity index (χ3v) is 63.2. The molecule has 0 saturated carbocycles. The molecular weight excluding hydrogens is 455 g/mol. The van der Waals surface area contributed by atoms with Gasteiger partial charge in [-0.2, -0.15) is 0 Å². The Morgan fingerprint density at radius 3 is 0.926 bits per heavy atom. The maximum absolute atomic E-state index is 5.39. The predicted molar refractivity (Wildman–Crippen MR) is 136 cm³/mol. The fraction of sp³-hybridized carbons (Fsp3) is 0.909. The fourth-order valence-corrected chi connectivity index (χ4v) is 59.8. The monoisotopic (exact) mass is 508 g/mol. The molecule has 0 atom stereocenters. The van der Waals surface area contributed by atoms with Crippen LogP contribution in [0.2, 0.25) is 0 Å². The third kappa shape index (κ3) is 7.54. The van der Waals surface area contributed by atoms with E-state index in [1.165, 1.54) is 11.4 Å². The van der Waals surface area contributed by atoms with Gasteiger partial charge in [-0.05, 0) is 0 Å². The maximum atomic E-state index is 5.39. The van der Waals surface area contributed by atoms with Crippen molar-refractivity contribution in [2.24, 2.45) is 33.7 Å². The summed E-state index contributed by atoms with van der Waals surface area (Å²) in [5.41, 5.74) is 0.194. The van der Waals surface area contributed by atoms with Crippen molar-refractivity contribution in [1.29, 1.82) is 0 Å². The van der Waals surface area contributed by atoms with Crippen LogP contribution in [-0.2, 0) is 13.8 Å². The molecule has 0 aliphatic rings. The normalized spacial score (nSPS) is 15.5. The summed E-state index contributed by atoms with van der Waals surface area (Å²) >= 11 is -2.03. The molecule has 27 heavy (non-hydrogen) atoms. The second-order valence-electron chi connectivity index (χ2n) is 10.8. The van der Waals surface area contributed by atoms with Gasteiger partial charge in [-0.15, -0.1) is 0 Å². The minimum atomic E-state index is -2.03. The van der Waals surface area contributed by atoms with Crippen molar-refractivity contribution in [2.45, 2.75) is 55.4 Å². The molecule has 0 rings (SSSR count). The first-order valence-electron chi connectivity index (χ1n) is 10.7. The van der Waals surface area contributed by atoms with Gasteiger partial charge in [0.15, 0.2) is 0 Å². The number of hydrogen-bond acceptors (Lipinski definition) is 2. The number of aliphatic imine (C=N–C) groups is 2. The van der Waals surface area contributed by atoms with Crippen LogP contribution in [0.4, 0.5) is 0 Å². The van der Waals surface area contributed by atoms with Gasteiger partial charge in [0.2, 0.25) is 0 Å². The van der Waals surface area contributed by atoms with E-state index in [0.29, 0.717) is 23.7 Å². The van der Waals surface area contributed by atoms with E-state index in [1.54, 1.807) is 0 Å². The number of rotatable bonds is 10. The summed E-state index contributed by atoms with van der Waals surface area (Å²) in [6.07, 6.45) is 0. The first-order valence-corrected chi connectivity index (χ1v) is 25.1. The first kappa shape index (κ1) is 27.8. The zero-order valence-corrected chi connectivity index (χ0v) is 24.7. The van der Waals surface area contributed by atoms with Crippen molar-refractivity contribution in [3.05, 3.63) is 0 Å². The van der Waals surface area contributed by atoms with Crippen molar-refractivity contribution in [2.75, 3.05) is 50.3 Å². The molecule has 0 heterocycles. The Kier molecular flexibility index (Phi) is 11.1. The fourth-order valence-electron chi connectivity index (χ4n) is 3.89. The standard InChI is InChI=1S/2C8H16N.2C3H9P.Ru/c2*1-6(2)8(9-5)7(3)4;2*1-4(2)3;/h2*6-7H,5H2,1-4H3;2*1-3H3;/q;;;;-2/p+2. The Labute approximate surface area is 175 Å². The average Bonchev–Trinajstić information content (AvgIpc) is 2.41. The number of nitrogens with zero attached hydrogens (tertiary/aromatic N) is 2. The van der Waals surface area contributed by atoms with Crippen LogP contribution in [0.25, 0.3) is 0 Å². The van der Waals surface area contributed by atoms with Gasteiger partial charge in [-0.25, -0.2) is 0 Å². The summed E-state index contributed by atoms with van der Waals surface area (Å²) in [5.74, 6) is 2.21. The molecule has 0 aromatic carbocycles. The summed E-state index contributed by atoms with van der Waals surface area (Å²) < 4.78 is 0.